The summed E-state index contributed by atoms with van der Waals surface area (Å²) in [5, 5.41) is 0. The third kappa shape index (κ3) is 4.26. The molecule has 0 bridgehead atoms. The molecule has 2 aromatic rings. The zero-order valence-corrected chi connectivity index (χ0v) is 13.3. The van der Waals surface area contributed by atoms with Crippen LogP contribution in [0.4, 0.5) is 5.95 Å². The molecule has 1 aromatic heterocycles. The zero-order valence-electron chi connectivity index (χ0n) is 13.3. The average Bonchev–Trinajstić information content (AvgIpc) is 3.38. The number of aryl methyl sites for hydroxylation is 2. The molecule has 1 aromatic carbocycles. The Bertz CT molecular complexity index is 581. The maximum absolute atomic E-state index is 4.69. The summed E-state index contributed by atoms with van der Waals surface area (Å²) in [4.78, 5) is 15.8. The molecule has 1 heterocycles. The number of hydrogen-bond acceptors (Lipinski definition) is 4. The fourth-order valence-electron chi connectivity index (χ4n) is 2.65. The van der Waals surface area contributed by atoms with Gasteiger partial charge in [-0.05, 0) is 37.2 Å². The molecule has 1 fully saturated rings. The highest BCUT2D eigenvalue weighted by atomic mass is 15.3. The Morgan fingerprint density at radius 3 is 2.64 bits per heavy atom. The standard InChI is InChI=1S/C18H24N4/c1-2-12-22(13-16-8-9-16)18-20-14-19-17(21-18)11-10-15-6-4-3-5-7-15/h3-7,14,16H,2,8-13H2,1H3. The van der Waals surface area contributed by atoms with Gasteiger partial charge < -0.3 is 4.90 Å². The molecule has 0 spiro atoms. The predicted molar refractivity (Wildman–Crippen MR) is 88.9 cm³/mol. The van der Waals surface area contributed by atoms with Gasteiger partial charge in [0.2, 0.25) is 5.95 Å². The lowest BCUT2D eigenvalue weighted by molar-refractivity contribution is 0.678. The smallest absolute Gasteiger partial charge is 0.228 e. The van der Waals surface area contributed by atoms with Crippen LogP contribution in [0.25, 0.3) is 0 Å². The van der Waals surface area contributed by atoms with Crippen molar-refractivity contribution in [3.8, 4) is 0 Å². The lowest BCUT2D eigenvalue weighted by atomic mass is 10.1. The number of hydrogen-bond donors (Lipinski definition) is 0. The molecular weight excluding hydrogens is 272 g/mol. The molecule has 0 amide bonds. The number of aromatic nitrogens is 3. The minimum Gasteiger partial charge on any atom is -0.340 e. The first-order chi connectivity index (χ1) is 10.8. The van der Waals surface area contributed by atoms with Gasteiger partial charge in [0, 0.05) is 19.5 Å². The van der Waals surface area contributed by atoms with E-state index < -0.39 is 0 Å². The van der Waals surface area contributed by atoms with Gasteiger partial charge in [-0.3, -0.25) is 0 Å². The van der Waals surface area contributed by atoms with E-state index in [1.165, 1.54) is 18.4 Å². The van der Waals surface area contributed by atoms with Crippen LogP contribution in [0.2, 0.25) is 0 Å². The van der Waals surface area contributed by atoms with Crippen molar-refractivity contribution in [2.45, 2.75) is 39.0 Å². The molecule has 1 aliphatic rings. The van der Waals surface area contributed by atoms with E-state index in [1.54, 1.807) is 6.33 Å². The monoisotopic (exact) mass is 296 g/mol. The van der Waals surface area contributed by atoms with Crippen LogP contribution in [-0.2, 0) is 12.8 Å². The van der Waals surface area contributed by atoms with E-state index in [9.17, 15) is 0 Å². The topological polar surface area (TPSA) is 41.9 Å². The maximum atomic E-state index is 4.69. The summed E-state index contributed by atoms with van der Waals surface area (Å²) in [7, 11) is 0. The molecule has 1 saturated carbocycles. The van der Waals surface area contributed by atoms with Gasteiger partial charge in [0.15, 0.2) is 0 Å². The Morgan fingerprint density at radius 2 is 1.91 bits per heavy atom. The molecule has 0 saturated heterocycles. The van der Waals surface area contributed by atoms with Crippen molar-refractivity contribution < 1.29 is 0 Å². The Kier molecular flexibility index (Phi) is 4.99. The zero-order chi connectivity index (χ0) is 15.2. The maximum Gasteiger partial charge on any atom is 0.228 e. The van der Waals surface area contributed by atoms with Gasteiger partial charge in [0.05, 0.1) is 0 Å². The highest BCUT2D eigenvalue weighted by Crippen LogP contribution is 2.30. The molecule has 1 aliphatic carbocycles. The summed E-state index contributed by atoms with van der Waals surface area (Å²) in [5.74, 6) is 2.59. The first-order valence-corrected chi connectivity index (χ1v) is 8.32. The summed E-state index contributed by atoms with van der Waals surface area (Å²) in [5.41, 5.74) is 1.33. The van der Waals surface area contributed by atoms with Gasteiger partial charge in [0.25, 0.3) is 0 Å². The molecular formula is C18H24N4. The van der Waals surface area contributed by atoms with E-state index >= 15 is 0 Å². The Labute approximate surface area is 132 Å². The SMILES string of the molecule is CCCN(CC1CC1)c1ncnc(CCc2ccccc2)n1. The lowest BCUT2D eigenvalue weighted by Crippen LogP contribution is -2.28. The van der Waals surface area contributed by atoms with Crippen LogP contribution in [0.5, 0.6) is 0 Å². The van der Waals surface area contributed by atoms with Crippen LogP contribution in [-0.4, -0.2) is 28.0 Å². The second-order valence-corrected chi connectivity index (χ2v) is 6.08. The molecule has 3 rings (SSSR count). The molecule has 0 radical (unpaired) electrons. The fourth-order valence-corrected chi connectivity index (χ4v) is 2.65. The van der Waals surface area contributed by atoms with E-state index in [2.05, 4.69) is 46.1 Å². The van der Waals surface area contributed by atoms with E-state index in [0.29, 0.717) is 0 Å². The summed E-state index contributed by atoms with van der Waals surface area (Å²) in [6.07, 6.45) is 7.33. The van der Waals surface area contributed by atoms with Gasteiger partial charge in [0.1, 0.15) is 12.2 Å². The van der Waals surface area contributed by atoms with Crippen LogP contribution in [0, 0.1) is 5.92 Å². The van der Waals surface area contributed by atoms with Crippen molar-refractivity contribution in [1.82, 2.24) is 15.0 Å². The molecule has 22 heavy (non-hydrogen) atoms. The predicted octanol–water partition coefficient (Wildman–Crippen LogP) is 3.28. The third-order valence-corrected chi connectivity index (χ3v) is 4.04. The fraction of sp³-hybridized carbons (Fsp3) is 0.500. The second-order valence-electron chi connectivity index (χ2n) is 6.08. The molecule has 0 atom stereocenters. The van der Waals surface area contributed by atoms with E-state index in [4.69, 9.17) is 4.98 Å². The van der Waals surface area contributed by atoms with Crippen molar-refractivity contribution >= 4 is 5.95 Å². The molecule has 116 valence electrons. The minimum atomic E-state index is 0.844. The van der Waals surface area contributed by atoms with E-state index in [0.717, 1.165) is 50.0 Å². The Morgan fingerprint density at radius 1 is 1.09 bits per heavy atom. The van der Waals surface area contributed by atoms with Crippen molar-refractivity contribution in [3.63, 3.8) is 0 Å². The summed E-state index contributed by atoms with van der Waals surface area (Å²) >= 11 is 0. The largest absolute Gasteiger partial charge is 0.340 e. The number of rotatable bonds is 8. The van der Waals surface area contributed by atoms with Crippen molar-refractivity contribution in [1.29, 1.82) is 0 Å². The van der Waals surface area contributed by atoms with Crippen molar-refractivity contribution in [2.75, 3.05) is 18.0 Å². The molecule has 4 heteroatoms. The number of anilines is 1. The quantitative estimate of drug-likeness (QED) is 0.749. The summed E-state index contributed by atoms with van der Waals surface area (Å²) < 4.78 is 0. The highest BCUT2D eigenvalue weighted by molar-refractivity contribution is 5.29. The van der Waals surface area contributed by atoms with Crippen LogP contribution in [0.1, 0.15) is 37.6 Å². The second kappa shape index (κ2) is 7.34. The average molecular weight is 296 g/mol. The lowest BCUT2D eigenvalue weighted by Gasteiger charge is -2.21. The van der Waals surface area contributed by atoms with Gasteiger partial charge in [-0.2, -0.15) is 4.98 Å². The van der Waals surface area contributed by atoms with Gasteiger partial charge >= 0.3 is 0 Å². The Hall–Kier alpha value is -1.97. The minimum absolute atomic E-state index is 0.844. The number of benzene rings is 1. The van der Waals surface area contributed by atoms with Gasteiger partial charge in [-0.15, -0.1) is 0 Å². The van der Waals surface area contributed by atoms with Crippen LogP contribution in [0.15, 0.2) is 36.7 Å². The summed E-state index contributed by atoms with van der Waals surface area (Å²) in [6, 6.07) is 10.5. The molecule has 4 nitrogen and oxygen atoms in total. The van der Waals surface area contributed by atoms with Crippen molar-refractivity contribution in [2.24, 2.45) is 5.92 Å². The van der Waals surface area contributed by atoms with Gasteiger partial charge in [-0.25, -0.2) is 9.97 Å². The van der Waals surface area contributed by atoms with Crippen molar-refractivity contribution in [3.05, 3.63) is 48.0 Å². The van der Waals surface area contributed by atoms with E-state index in [-0.39, 0.29) is 0 Å². The Balaban J connectivity index is 1.65. The first kappa shape index (κ1) is 14.9. The van der Waals surface area contributed by atoms with Crippen LogP contribution >= 0.6 is 0 Å². The summed E-state index contributed by atoms with van der Waals surface area (Å²) in [6.45, 7) is 4.33. The van der Waals surface area contributed by atoms with E-state index in [1.807, 2.05) is 6.07 Å². The van der Waals surface area contributed by atoms with Crippen LogP contribution in [0.3, 0.4) is 0 Å². The first-order valence-electron chi connectivity index (χ1n) is 8.32. The highest BCUT2D eigenvalue weighted by Gasteiger charge is 2.25. The normalized spacial score (nSPS) is 14.0. The van der Waals surface area contributed by atoms with Crippen LogP contribution < -0.4 is 4.90 Å². The molecule has 0 aliphatic heterocycles. The third-order valence-electron chi connectivity index (χ3n) is 4.04. The van der Waals surface area contributed by atoms with Gasteiger partial charge in [-0.1, -0.05) is 37.3 Å². The molecule has 0 unspecified atom stereocenters. The number of nitrogens with zero attached hydrogens (tertiary/aromatic N) is 4. The molecule has 0 N–H and O–H groups in total.